The van der Waals surface area contributed by atoms with Crippen molar-refractivity contribution < 1.29 is 4.52 Å². The molecule has 2 aromatic rings. The van der Waals surface area contributed by atoms with Gasteiger partial charge in [0.1, 0.15) is 0 Å². The van der Waals surface area contributed by atoms with Crippen molar-refractivity contribution in [3.8, 4) is 11.5 Å². The van der Waals surface area contributed by atoms with Gasteiger partial charge in [-0.15, -0.1) is 0 Å². The van der Waals surface area contributed by atoms with E-state index in [2.05, 4.69) is 20.4 Å². The molecule has 2 atom stereocenters. The van der Waals surface area contributed by atoms with Crippen LogP contribution in [0.15, 0.2) is 21.3 Å². The maximum atomic E-state index is 5.32. The fourth-order valence-electron chi connectivity index (χ4n) is 3.10. The highest BCUT2D eigenvalue weighted by Gasteiger charge is 2.36. The molecule has 2 saturated heterocycles. The molecule has 100 valence electrons. The first kappa shape index (κ1) is 11.6. The summed E-state index contributed by atoms with van der Waals surface area (Å²) >= 11 is 1.64. The zero-order valence-corrected chi connectivity index (χ0v) is 11.4. The summed E-state index contributed by atoms with van der Waals surface area (Å²) in [5.41, 5.74) is 1.02. The molecule has 4 heterocycles. The van der Waals surface area contributed by atoms with Crippen LogP contribution in [0.5, 0.6) is 0 Å². The number of rotatable bonds is 3. The molecule has 0 spiro atoms. The van der Waals surface area contributed by atoms with Crippen LogP contribution in [0.3, 0.4) is 0 Å². The molecule has 2 unspecified atom stereocenters. The number of nitrogens with one attached hydrogen (secondary N) is 1. The van der Waals surface area contributed by atoms with Crippen LogP contribution >= 0.6 is 11.3 Å². The molecule has 1 N–H and O–H groups in total. The quantitative estimate of drug-likeness (QED) is 0.919. The average molecular weight is 276 g/mol. The minimum atomic E-state index is 0.636. The van der Waals surface area contributed by atoms with Gasteiger partial charge in [-0.2, -0.15) is 16.3 Å². The Labute approximate surface area is 115 Å². The van der Waals surface area contributed by atoms with Crippen molar-refractivity contribution in [2.45, 2.75) is 6.54 Å². The van der Waals surface area contributed by atoms with E-state index in [0.29, 0.717) is 5.89 Å². The van der Waals surface area contributed by atoms with Gasteiger partial charge >= 0.3 is 0 Å². The van der Waals surface area contributed by atoms with Gasteiger partial charge in [-0.05, 0) is 36.4 Å². The van der Waals surface area contributed by atoms with Crippen LogP contribution < -0.4 is 5.32 Å². The third-order valence-electron chi connectivity index (χ3n) is 4.07. The Morgan fingerprint density at radius 2 is 2.21 bits per heavy atom. The molecule has 0 saturated carbocycles. The Bertz CT molecular complexity index is 541. The molecular weight excluding hydrogens is 260 g/mol. The van der Waals surface area contributed by atoms with E-state index in [1.54, 1.807) is 11.3 Å². The van der Waals surface area contributed by atoms with Crippen LogP contribution in [-0.2, 0) is 6.54 Å². The maximum absolute atomic E-state index is 5.32. The molecule has 0 amide bonds. The molecule has 2 aliphatic rings. The average Bonchev–Trinajstić information content (AvgIpc) is 3.12. The lowest BCUT2D eigenvalue weighted by atomic mass is 10.0. The molecule has 6 heteroatoms. The molecule has 0 radical (unpaired) electrons. The van der Waals surface area contributed by atoms with Crippen molar-refractivity contribution in [3.05, 3.63) is 22.7 Å². The predicted molar refractivity (Wildman–Crippen MR) is 72.7 cm³/mol. The zero-order valence-electron chi connectivity index (χ0n) is 10.6. The molecule has 2 fully saturated rings. The second-order valence-corrected chi connectivity index (χ2v) is 6.18. The standard InChI is InChI=1S/C13H16N4OS/c1-2-19-8-9(1)13-15-12(16-18-13)7-17-5-10-3-14-4-11(10)6-17/h1-2,8,10-11,14H,3-7H2. The Morgan fingerprint density at radius 3 is 2.95 bits per heavy atom. The number of aromatic nitrogens is 2. The maximum Gasteiger partial charge on any atom is 0.258 e. The van der Waals surface area contributed by atoms with E-state index in [1.165, 1.54) is 0 Å². The van der Waals surface area contributed by atoms with E-state index in [1.807, 2.05) is 16.8 Å². The summed E-state index contributed by atoms with van der Waals surface area (Å²) in [5, 5.41) is 11.6. The highest BCUT2D eigenvalue weighted by molar-refractivity contribution is 7.08. The number of likely N-dealkylation sites (tertiary alicyclic amines) is 1. The zero-order chi connectivity index (χ0) is 12.7. The Morgan fingerprint density at radius 1 is 1.37 bits per heavy atom. The van der Waals surface area contributed by atoms with E-state index < -0.39 is 0 Å². The fraction of sp³-hybridized carbons (Fsp3) is 0.538. The fourth-order valence-corrected chi connectivity index (χ4v) is 3.73. The molecule has 2 aliphatic heterocycles. The van der Waals surface area contributed by atoms with Gasteiger partial charge < -0.3 is 9.84 Å². The largest absolute Gasteiger partial charge is 0.334 e. The summed E-state index contributed by atoms with van der Waals surface area (Å²) < 4.78 is 5.32. The van der Waals surface area contributed by atoms with E-state index in [9.17, 15) is 0 Å². The molecular formula is C13H16N4OS. The van der Waals surface area contributed by atoms with Gasteiger partial charge in [-0.1, -0.05) is 5.16 Å². The van der Waals surface area contributed by atoms with Gasteiger partial charge in [0.15, 0.2) is 5.82 Å². The first-order valence-electron chi connectivity index (χ1n) is 6.67. The molecule has 4 rings (SSSR count). The van der Waals surface area contributed by atoms with Crippen molar-refractivity contribution >= 4 is 11.3 Å². The molecule has 0 aliphatic carbocycles. The Hall–Kier alpha value is -1.24. The van der Waals surface area contributed by atoms with Gasteiger partial charge in [0.25, 0.3) is 5.89 Å². The summed E-state index contributed by atoms with van der Waals surface area (Å²) in [6.07, 6.45) is 0. The van der Waals surface area contributed by atoms with Gasteiger partial charge in [0.2, 0.25) is 0 Å². The van der Waals surface area contributed by atoms with E-state index >= 15 is 0 Å². The van der Waals surface area contributed by atoms with Crippen molar-refractivity contribution in [3.63, 3.8) is 0 Å². The second-order valence-electron chi connectivity index (χ2n) is 5.40. The SMILES string of the molecule is c1cc(-c2nc(CN3CC4CNCC4C3)no2)cs1. The highest BCUT2D eigenvalue weighted by Crippen LogP contribution is 2.27. The lowest BCUT2D eigenvalue weighted by Crippen LogP contribution is -2.25. The molecule has 19 heavy (non-hydrogen) atoms. The highest BCUT2D eigenvalue weighted by atomic mass is 32.1. The molecule has 0 bridgehead atoms. The normalized spacial score (nSPS) is 26.9. The molecule has 0 aromatic carbocycles. The number of thiophene rings is 1. The second kappa shape index (κ2) is 4.70. The van der Waals surface area contributed by atoms with Crippen LogP contribution in [0.2, 0.25) is 0 Å². The van der Waals surface area contributed by atoms with E-state index in [0.717, 1.165) is 55.9 Å². The third-order valence-corrected chi connectivity index (χ3v) is 4.75. The van der Waals surface area contributed by atoms with Crippen molar-refractivity contribution in [1.29, 1.82) is 0 Å². The van der Waals surface area contributed by atoms with Crippen LogP contribution in [0, 0.1) is 11.8 Å². The van der Waals surface area contributed by atoms with Crippen molar-refractivity contribution in [2.24, 2.45) is 11.8 Å². The van der Waals surface area contributed by atoms with Gasteiger partial charge in [0.05, 0.1) is 12.1 Å². The smallest absolute Gasteiger partial charge is 0.258 e. The predicted octanol–water partition coefficient (Wildman–Crippen LogP) is 1.45. The first-order valence-corrected chi connectivity index (χ1v) is 7.61. The Kier molecular flexibility index (Phi) is 2.86. The third kappa shape index (κ3) is 2.20. The van der Waals surface area contributed by atoms with Gasteiger partial charge in [-0.3, -0.25) is 4.90 Å². The minimum Gasteiger partial charge on any atom is -0.334 e. The minimum absolute atomic E-state index is 0.636. The number of nitrogens with zero attached hydrogens (tertiary/aromatic N) is 3. The number of fused-ring (bicyclic) bond motifs is 1. The van der Waals surface area contributed by atoms with Crippen molar-refractivity contribution in [2.75, 3.05) is 26.2 Å². The first-order chi connectivity index (χ1) is 9.38. The summed E-state index contributed by atoms with van der Waals surface area (Å²) in [6.45, 7) is 5.43. The monoisotopic (exact) mass is 276 g/mol. The summed E-state index contributed by atoms with van der Waals surface area (Å²) in [7, 11) is 0. The van der Waals surface area contributed by atoms with Gasteiger partial charge in [0, 0.05) is 18.5 Å². The lowest BCUT2D eigenvalue weighted by molar-refractivity contribution is 0.291. The van der Waals surface area contributed by atoms with Crippen LogP contribution in [0.1, 0.15) is 5.82 Å². The van der Waals surface area contributed by atoms with E-state index in [4.69, 9.17) is 4.52 Å². The Balaban J connectivity index is 1.44. The van der Waals surface area contributed by atoms with Crippen LogP contribution in [0.25, 0.3) is 11.5 Å². The van der Waals surface area contributed by atoms with Crippen LogP contribution in [-0.4, -0.2) is 41.2 Å². The molecule has 5 nitrogen and oxygen atoms in total. The topological polar surface area (TPSA) is 54.2 Å². The van der Waals surface area contributed by atoms with Crippen molar-refractivity contribution in [1.82, 2.24) is 20.4 Å². The summed E-state index contributed by atoms with van der Waals surface area (Å²) in [6, 6.07) is 2.01. The summed E-state index contributed by atoms with van der Waals surface area (Å²) in [4.78, 5) is 6.92. The van der Waals surface area contributed by atoms with Crippen LogP contribution in [0.4, 0.5) is 0 Å². The molecule has 2 aromatic heterocycles. The van der Waals surface area contributed by atoms with Gasteiger partial charge in [-0.25, -0.2) is 0 Å². The number of hydrogen-bond donors (Lipinski definition) is 1. The number of hydrogen-bond acceptors (Lipinski definition) is 6. The lowest BCUT2D eigenvalue weighted by Gasteiger charge is -2.13. The summed E-state index contributed by atoms with van der Waals surface area (Å²) in [5.74, 6) is 3.05. The van der Waals surface area contributed by atoms with E-state index in [-0.39, 0.29) is 0 Å².